The fourth-order valence-corrected chi connectivity index (χ4v) is 3.45. The van der Waals surface area contributed by atoms with Crippen LogP contribution in [0.3, 0.4) is 0 Å². The Balaban J connectivity index is 1.82. The summed E-state index contributed by atoms with van der Waals surface area (Å²) in [7, 11) is 0. The van der Waals surface area contributed by atoms with E-state index in [1.54, 1.807) is 0 Å². The van der Waals surface area contributed by atoms with Gasteiger partial charge in [-0.15, -0.1) is 0 Å². The van der Waals surface area contributed by atoms with Gasteiger partial charge in [0.2, 0.25) is 0 Å². The van der Waals surface area contributed by atoms with E-state index < -0.39 is 24.3 Å². The number of carboxylic acid groups (broad SMARTS) is 1. The number of rotatable bonds is 7. The molecule has 1 aromatic rings. The minimum atomic E-state index is -1.10. The van der Waals surface area contributed by atoms with E-state index in [1.165, 1.54) is 23.1 Å². The first kappa shape index (κ1) is 19.0. The summed E-state index contributed by atoms with van der Waals surface area (Å²) in [5.41, 5.74) is 0.633. The minimum Gasteiger partial charge on any atom is -0.480 e. The van der Waals surface area contributed by atoms with Crippen LogP contribution in [0.4, 0.5) is 0 Å². The smallest absolute Gasteiger partial charge is 0.323 e. The lowest BCUT2D eigenvalue weighted by molar-refractivity contribution is -0.137. The number of amides is 3. The number of ether oxygens (including phenoxy) is 1. The third-order valence-electron chi connectivity index (χ3n) is 4.73. The van der Waals surface area contributed by atoms with E-state index in [-0.39, 0.29) is 35.2 Å². The van der Waals surface area contributed by atoms with Gasteiger partial charge in [-0.05, 0) is 37.5 Å². The molecule has 0 radical (unpaired) electrons. The van der Waals surface area contributed by atoms with Crippen molar-refractivity contribution in [2.45, 2.75) is 32.3 Å². The van der Waals surface area contributed by atoms with Crippen LogP contribution in [0.25, 0.3) is 0 Å². The standard InChI is InChI=1S/C19H22N2O6/c1-2-7-20(11-16(22)23)17(24)12-5-6-14-15(9-12)19(26)21(18(14)25)10-13-4-3-8-27-13/h5-6,9,13H,2-4,7-8,10-11H2,1H3,(H,22,23). The van der Waals surface area contributed by atoms with Crippen molar-refractivity contribution in [1.29, 1.82) is 0 Å². The number of imide groups is 1. The topological polar surface area (TPSA) is 104 Å². The van der Waals surface area contributed by atoms with Crippen LogP contribution >= 0.6 is 0 Å². The van der Waals surface area contributed by atoms with Crippen molar-refractivity contribution in [1.82, 2.24) is 9.80 Å². The molecule has 0 spiro atoms. The lowest BCUT2D eigenvalue weighted by Gasteiger charge is -2.20. The molecule has 3 amide bonds. The summed E-state index contributed by atoms with van der Waals surface area (Å²) < 4.78 is 5.51. The van der Waals surface area contributed by atoms with E-state index in [1.807, 2.05) is 6.92 Å². The number of fused-ring (bicyclic) bond motifs is 1. The van der Waals surface area contributed by atoms with Gasteiger partial charge in [-0.3, -0.25) is 24.1 Å². The Kier molecular flexibility index (Phi) is 5.55. The van der Waals surface area contributed by atoms with Crippen LogP contribution in [0.1, 0.15) is 57.3 Å². The molecule has 27 heavy (non-hydrogen) atoms. The van der Waals surface area contributed by atoms with Crippen molar-refractivity contribution in [3.8, 4) is 0 Å². The maximum Gasteiger partial charge on any atom is 0.323 e. The Hall–Kier alpha value is -2.74. The Bertz CT molecular complexity index is 784. The summed E-state index contributed by atoms with van der Waals surface area (Å²) in [6, 6.07) is 4.31. The second-order valence-corrected chi connectivity index (χ2v) is 6.74. The summed E-state index contributed by atoms with van der Waals surface area (Å²) in [4.78, 5) is 51.2. The predicted octanol–water partition coefficient (Wildman–Crippen LogP) is 1.40. The quantitative estimate of drug-likeness (QED) is 0.724. The highest BCUT2D eigenvalue weighted by atomic mass is 16.5. The molecule has 2 aliphatic heterocycles. The van der Waals surface area contributed by atoms with E-state index >= 15 is 0 Å². The Morgan fingerprint density at radius 1 is 1.26 bits per heavy atom. The number of hydrogen-bond donors (Lipinski definition) is 1. The molecule has 1 aromatic carbocycles. The van der Waals surface area contributed by atoms with Gasteiger partial charge in [0.25, 0.3) is 17.7 Å². The van der Waals surface area contributed by atoms with Crippen molar-refractivity contribution in [3.63, 3.8) is 0 Å². The molecule has 2 aliphatic rings. The minimum absolute atomic E-state index is 0.149. The maximum absolute atomic E-state index is 12.7. The van der Waals surface area contributed by atoms with Crippen molar-refractivity contribution >= 4 is 23.7 Å². The fraction of sp³-hybridized carbons (Fsp3) is 0.474. The van der Waals surface area contributed by atoms with Crippen LogP contribution in [0.2, 0.25) is 0 Å². The summed E-state index contributed by atoms with van der Waals surface area (Å²) in [6.45, 7) is 2.55. The molecular formula is C19H22N2O6. The molecule has 1 fully saturated rings. The molecule has 0 bridgehead atoms. The van der Waals surface area contributed by atoms with E-state index in [0.29, 0.717) is 19.6 Å². The highest BCUT2D eigenvalue weighted by Gasteiger charge is 2.38. The van der Waals surface area contributed by atoms with Crippen molar-refractivity contribution in [2.24, 2.45) is 0 Å². The zero-order valence-electron chi connectivity index (χ0n) is 15.1. The number of hydrogen-bond acceptors (Lipinski definition) is 5. The Morgan fingerprint density at radius 3 is 2.63 bits per heavy atom. The second kappa shape index (κ2) is 7.87. The molecule has 0 saturated carbocycles. The molecule has 0 aliphatic carbocycles. The van der Waals surface area contributed by atoms with Crippen LogP contribution < -0.4 is 0 Å². The van der Waals surface area contributed by atoms with Crippen molar-refractivity contribution in [2.75, 3.05) is 26.2 Å². The molecule has 1 N–H and O–H groups in total. The van der Waals surface area contributed by atoms with E-state index in [2.05, 4.69) is 0 Å². The summed E-state index contributed by atoms with van der Waals surface area (Å²) in [6.07, 6.45) is 2.17. The first-order valence-corrected chi connectivity index (χ1v) is 9.05. The average Bonchev–Trinajstić information content (AvgIpc) is 3.23. The van der Waals surface area contributed by atoms with Gasteiger partial charge in [0.15, 0.2) is 0 Å². The van der Waals surface area contributed by atoms with Gasteiger partial charge < -0.3 is 14.7 Å². The first-order valence-electron chi connectivity index (χ1n) is 9.05. The second-order valence-electron chi connectivity index (χ2n) is 6.74. The molecule has 1 unspecified atom stereocenters. The lowest BCUT2D eigenvalue weighted by atomic mass is 10.0. The molecular weight excluding hydrogens is 352 g/mol. The van der Waals surface area contributed by atoms with Gasteiger partial charge in [-0.2, -0.15) is 0 Å². The number of benzene rings is 1. The molecule has 2 heterocycles. The number of carbonyl (C=O) groups is 4. The average molecular weight is 374 g/mol. The van der Waals surface area contributed by atoms with Crippen LogP contribution in [0.5, 0.6) is 0 Å². The fourth-order valence-electron chi connectivity index (χ4n) is 3.45. The Labute approximate surface area is 156 Å². The van der Waals surface area contributed by atoms with Crippen molar-refractivity contribution < 1.29 is 29.0 Å². The highest BCUT2D eigenvalue weighted by molar-refractivity contribution is 6.22. The van der Waals surface area contributed by atoms with Crippen molar-refractivity contribution in [3.05, 3.63) is 34.9 Å². The van der Waals surface area contributed by atoms with Gasteiger partial charge in [0.05, 0.1) is 23.8 Å². The molecule has 144 valence electrons. The zero-order chi connectivity index (χ0) is 19.6. The normalized spacial score (nSPS) is 18.7. The summed E-state index contributed by atoms with van der Waals surface area (Å²) in [5.74, 6) is -2.41. The zero-order valence-corrected chi connectivity index (χ0v) is 15.1. The molecule has 3 rings (SSSR count). The molecule has 8 nitrogen and oxygen atoms in total. The third kappa shape index (κ3) is 3.85. The number of nitrogens with zero attached hydrogens (tertiary/aromatic N) is 2. The molecule has 1 atom stereocenters. The van der Waals surface area contributed by atoms with E-state index in [9.17, 15) is 19.2 Å². The third-order valence-corrected chi connectivity index (χ3v) is 4.73. The van der Waals surface area contributed by atoms with Gasteiger partial charge in [0.1, 0.15) is 6.54 Å². The first-order chi connectivity index (χ1) is 12.9. The highest BCUT2D eigenvalue weighted by Crippen LogP contribution is 2.26. The monoisotopic (exact) mass is 374 g/mol. The van der Waals surface area contributed by atoms with Crippen LogP contribution in [0, 0.1) is 0 Å². The Morgan fingerprint density at radius 2 is 2.00 bits per heavy atom. The SMILES string of the molecule is CCCN(CC(=O)O)C(=O)c1ccc2c(c1)C(=O)N(CC1CCCO1)C2=O. The summed E-state index contributed by atoms with van der Waals surface area (Å²) in [5, 5.41) is 9.00. The predicted molar refractivity (Wildman–Crippen MR) is 94.6 cm³/mol. The van der Waals surface area contributed by atoms with Crippen LogP contribution in [-0.4, -0.2) is 70.9 Å². The summed E-state index contributed by atoms with van der Waals surface area (Å²) >= 11 is 0. The van der Waals surface area contributed by atoms with Gasteiger partial charge >= 0.3 is 5.97 Å². The lowest BCUT2D eigenvalue weighted by Crippen LogP contribution is -2.36. The van der Waals surface area contributed by atoms with Gasteiger partial charge in [-0.1, -0.05) is 6.92 Å². The van der Waals surface area contributed by atoms with E-state index in [4.69, 9.17) is 9.84 Å². The maximum atomic E-state index is 12.7. The van der Waals surface area contributed by atoms with Gasteiger partial charge in [-0.25, -0.2) is 0 Å². The van der Waals surface area contributed by atoms with E-state index in [0.717, 1.165) is 17.7 Å². The number of aliphatic carboxylic acids is 1. The molecule has 1 saturated heterocycles. The molecule has 8 heteroatoms. The van der Waals surface area contributed by atoms with Crippen LogP contribution in [0.15, 0.2) is 18.2 Å². The van der Waals surface area contributed by atoms with Crippen LogP contribution in [-0.2, 0) is 9.53 Å². The molecule has 0 aromatic heterocycles. The number of carboxylic acids is 1. The number of carbonyl (C=O) groups excluding carboxylic acids is 3. The largest absolute Gasteiger partial charge is 0.480 e. The van der Waals surface area contributed by atoms with Gasteiger partial charge in [0, 0.05) is 18.7 Å².